The predicted molar refractivity (Wildman–Crippen MR) is 121 cm³/mol. The molecular formula is C23H23BrN4O2. The van der Waals surface area contributed by atoms with E-state index in [4.69, 9.17) is 4.74 Å². The Morgan fingerprint density at radius 3 is 2.37 bits per heavy atom. The van der Waals surface area contributed by atoms with Gasteiger partial charge in [-0.05, 0) is 42.0 Å². The molecule has 1 aliphatic heterocycles. The molecule has 3 aromatic rings. The van der Waals surface area contributed by atoms with Crippen molar-refractivity contribution in [3.8, 4) is 17.0 Å². The fourth-order valence-corrected chi connectivity index (χ4v) is 3.83. The van der Waals surface area contributed by atoms with Crippen molar-refractivity contribution in [2.24, 2.45) is 0 Å². The van der Waals surface area contributed by atoms with E-state index in [1.165, 1.54) is 0 Å². The first-order valence-corrected chi connectivity index (χ1v) is 10.7. The summed E-state index contributed by atoms with van der Waals surface area (Å²) in [5.41, 5.74) is 2.73. The fourth-order valence-electron chi connectivity index (χ4n) is 3.57. The van der Waals surface area contributed by atoms with Crippen LogP contribution < -0.4 is 9.64 Å². The molecular weight excluding hydrogens is 444 g/mol. The first-order valence-electron chi connectivity index (χ1n) is 9.88. The van der Waals surface area contributed by atoms with Gasteiger partial charge in [0, 0.05) is 36.2 Å². The van der Waals surface area contributed by atoms with Gasteiger partial charge < -0.3 is 14.5 Å². The minimum Gasteiger partial charge on any atom is -0.496 e. The van der Waals surface area contributed by atoms with Crippen molar-refractivity contribution in [3.63, 3.8) is 0 Å². The summed E-state index contributed by atoms with van der Waals surface area (Å²) in [6.07, 6.45) is 0.431. The van der Waals surface area contributed by atoms with Crippen LogP contribution >= 0.6 is 15.9 Å². The number of para-hydroxylation sites is 1. The molecule has 1 amide bonds. The quantitative estimate of drug-likeness (QED) is 0.572. The first-order chi connectivity index (χ1) is 14.6. The maximum atomic E-state index is 12.6. The zero-order valence-electron chi connectivity index (χ0n) is 16.8. The minimum atomic E-state index is 0.162. The first kappa shape index (κ1) is 20.3. The van der Waals surface area contributed by atoms with Gasteiger partial charge in [0.2, 0.25) is 5.91 Å². The van der Waals surface area contributed by atoms with Crippen LogP contribution in [0.15, 0.2) is 65.1 Å². The fraction of sp³-hybridized carbons (Fsp3) is 0.261. The normalized spacial score (nSPS) is 13.9. The second-order valence-electron chi connectivity index (χ2n) is 7.15. The van der Waals surface area contributed by atoms with E-state index in [1.54, 1.807) is 7.11 Å². The van der Waals surface area contributed by atoms with Crippen LogP contribution in [0.25, 0.3) is 11.3 Å². The monoisotopic (exact) mass is 466 g/mol. The molecule has 4 rings (SSSR count). The number of halogens is 1. The van der Waals surface area contributed by atoms with E-state index >= 15 is 0 Å². The minimum absolute atomic E-state index is 0.162. The Labute approximate surface area is 184 Å². The largest absolute Gasteiger partial charge is 0.496 e. The Kier molecular flexibility index (Phi) is 6.28. The van der Waals surface area contributed by atoms with E-state index in [1.807, 2.05) is 65.6 Å². The van der Waals surface area contributed by atoms with Crippen molar-refractivity contribution in [2.45, 2.75) is 6.42 Å². The Morgan fingerprint density at radius 1 is 0.967 bits per heavy atom. The summed E-state index contributed by atoms with van der Waals surface area (Å²) in [7, 11) is 1.65. The molecule has 2 aromatic carbocycles. The summed E-state index contributed by atoms with van der Waals surface area (Å²) in [5, 5.41) is 8.81. The molecule has 1 aliphatic rings. The van der Waals surface area contributed by atoms with Crippen LogP contribution in [0.1, 0.15) is 5.56 Å². The third-order valence-corrected chi connectivity index (χ3v) is 5.79. The summed E-state index contributed by atoms with van der Waals surface area (Å²) in [4.78, 5) is 16.7. The molecule has 0 radical (unpaired) electrons. The van der Waals surface area contributed by atoms with Gasteiger partial charge in [0.1, 0.15) is 5.75 Å². The van der Waals surface area contributed by atoms with Gasteiger partial charge in [-0.15, -0.1) is 10.2 Å². The van der Waals surface area contributed by atoms with Crippen molar-refractivity contribution in [3.05, 3.63) is 70.7 Å². The van der Waals surface area contributed by atoms with Gasteiger partial charge in [0.25, 0.3) is 0 Å². The molecule has 0 atom stereocenters. The van der Waals surface area contributed by atoms with E-state index < -0.39 is 0 Å². The SMILES string of the molecule is COc1ccccc1-c1ccc(N2CCN(C(=O)Cc3ccc(Br)cc3)CC2)nn1. The smallest absolute Gasteiger partial charge is 0.227 e. The Hall–Kier alpha value is -2.93. The second kappa shape index (κ2) is 9.26. The standard InChI is InChI=1S/C23H23BrN4O2/c1-30-21-5-3-2-4-19(21)20-10-11-22(26-25-20)27-12-14-28(15-13-27)23(29)16-17-6-8-18(24)9-7-17/h2-11H,12-16H2,1H3. The third kappa shape index (κ3) is 4.62. The number of hydrogen-bond acceptors (Lipinski definition) is 5. The van der Waals surface area contributed by atoms with Crippen molar-refractivity contribution >= 4 is 27.7 Å². The molecule has 0 aliphatic carbocycles. The molecule has 0 bridgehead atoms. The molecule has 6 nitrogen and oxygen atoms in total. The van der Waals surface area contributed by atoms with Gasteiger partial charge in [0.15, 0.2) is 5.82 Å². The molecule has 1 fully saturated rings. The average Bonchev–Trinajstić information content (AvgIpc) is 2.81. The van der Waals surface area contributed by atoms with E-state index in [0.29, 0.717) is 19.5 Å². The lowest BCUT2D eigenvalue weighted by Crippen LogP contribution is -2.49. The van der Waals surface area contributed by atoms with Crippen LogP contribution in [0.3, 0.4) is 0 Å². The summed E-state index contributed by atoms with van der Waals surface area (Å²) in [5.74, 6) is 1.76. The number of nitrogens with zero attached hydrogens (tertiary/aromatic N) is 4. The van der Waals surface area contributed by atoms with Crippen LogP contribution in [0.2, 0.25) is 0 Å². The lowest BCUT2D eigenvalue weighted by molar-refractivity contribution is -0.130. The summed E-state index contributed by atoms with van der Waals surface area (Å²) >= 11 is 3.42. The molecule has 0 spiro atoms. The number of rotatable bonds is 5. The number of anilines is 1. The molecule has 0 N–H and O–H groups in total. The van der Waals surface area contributed by atoms with Gasteiger partial charge in [-0.25, -0.2) is 0 Å². The Bertz CT molecular complexity index is 1000. The van der Waals surface area contributed by atoms with E-state index in [2.05, 4.69) is 31.0 Å². The average molecular weight is 467 g/mol. The van der Waals surface area contributed by atoms with Crippen LogP contribution in [-0.2, 0) is 11.2 Å². The predicted octanol–water partition coefficient (Wildman–Crippen LogP) is 3.81. The van der Waals surface area contributed by atoms with Crippen molar-refractivity contribution in [2.75, 3.05) is 38.2 Å². The van der Waals surface area contributed by atoms with Crippen molar-refractivity contribution in [1.29, 1.82) is 0 Å². The number of ether oxygens (including phenoxy) is 1. The van der Waals surface area contributed by atoms with E-state index in [-0.39, 0.29) is 5.91 Å². The van der Waals surface area contributed by atoms with Crippen molar-refractivity contribution in [1.82, 2.24) is 15.1 Å². The number of piperazine rings is 1. The third-order valence-electron chi connectivity index (χ3n) is 5.26. The lowest BCUT2D eigenvalue weighted by atomic mass is 10.1. The summed E-state index contributed by atoms with van der Waals surface area (Å²) in [6.45, 7) is 2.86. The number of benzene rings is 2. The number of carbonyl (C=O) groups is 1. The maximum absolute atomic E-state index is 12.6. The second-order valence-corrected chi connectivity index (χ2v) is 8.06. The van der Waals surface area contributed by atoms with Gasteiger partial charge in [-0.2, -0.15) is 0 Å². The zero-order valence-corrected chi connectivity index (χ0v) is 18.4. The van der Waals surface area contributed by atoms with E-state index in [0.717, 1.165) is 46.0 Å². The maximum Gasteiger partial charge on any atom is 0.227 e. The number of hydrogen-bond donors (Lipinski definition) is 0. The Morgan fingerprint density at radius 2 is 1.70 bits per heavy atom. The van der Waals surface area contributed by atoms with Gasteiger partial charge in [0.05, 0.1) is 19.2 Å². The van der Waals surface area contributed by atoms with Crippen LogP contribution in [0.4, 0.5) is 5.82 Å². The molecule has 7 heteroatoms. The summed E-state index contributed by atoms with van der Waals surface area (Å²) < 4.78 is 6.43. The highest BCUT2D eigenvalue weighted by Crippen LogP contribution is 2.28. The zero-order chi connectivity index (χ0) is 20.9. The molecule has 1 aromatic heterocycles. The van der Waals surface area contributed by atoms with Gasteiger partial charge in [-0.1, -0.05) is 40.2 Å². The molecule has 0 saturated carbocycles. The highest BCUT2D eigenvalue weighted by molar-refractivity contribution is 9.10. The molecule has 2 heterocycles. The van der Waals surface area contributed by atoms with Crippen LogP contribution in [0.5, 0.6) is 5.75 Å². The highest BCUT2D eigenvalue weighted by Gasteiger charge is 2.22. The molecule has 30 heavy (non-hydrogen) atoms. The molecule has 0 unspecified atom stereocenters. The lowest BCUT2D eigenvalue weighted by Gasteiger charge is -2.35. The van der Waals surface area contributed by atoms with Crippen LogP contribution in [-0.4, -0.2) is 54.3 Å². The van der Waals surface area contributed by atoms with Gasteiger partial charge in [-0.3, -0.25) is 4.79 Å². The van der Waals surface area contributed by atoms with E-state index in [9.17, 15) is 4.79 Å². The topological polar surface area (TPSA) is 58.6 Å². The summed E-state index contributed by atoms with van der Waals surface area (Å²) in [6, 6.07) is 19.6. The number of methoxy groups -OCH3 is 1. The van der Waals surface area contributed by atoms with Crippen LogP contribution in [0, 0.1) is 0 Å². The van der Waals surface area contributed by atoms with Crippen molar-refractivity contribution < 1.29 is 9.53 Å². The Balaban J connectivity index is 1.36. The molecule has 1 saturated heterocycles. The van der Waals surface area contributed by atoms with Gasteiger partial charge >= 0.3 is 0 Å². The number of aromatic nitrogens is 2. The highest BCUT2D eigenvalue weighted by atomic mass is 79.9. The number of carbonyl (C=O) groups excluding carboxylic acids is 1. The molecule has 154 valence electrons. The number of amides is 1.